The first-order valence-electron chi connectivity index (χ1n) is 9.22. The molecule has 2 aromatic rings. The standard InChI is InChI=1S/C20H22N2O4S2/c1-14-4-6-15(7-5-14)13-22-17-8-10-27-20(17)19(23)18(28(22,24)25)12-21-11-16-3-2-9-26-16/h4-8,10,12,16,21H,2-3,9,11,13H2,1H3/b18-12-/t16-/m0/s1. The topological polar surface area (TPSA) is 75.7 Å². The number of sulfonamides is 1. The summed E-state index contributed by atoms with van der Waals surface area (Å²) in [4.78, 5) is 13.1. The third kappa shape index (κ3) is 3.59. The predicted octanol–water partition coefficient (Wildman–Crippen LogP) is 3.20. The van der Waals surface area contributed by atoms with Crippen molar-refractivity contribution in [2.75, 3.05) is 17.5 Å². The van der Waals surface area contributed by atoms with Crippen molar-refractivity contribution in [2.45, 2.75) is 32.4 Å². The largest absolute Gasteiger partial charge is 0.387 e. The maximum absolute atomic E-state index is 13.3. The summed E-state index contributed by atoms with van der Waals surface area (Å²) in [6.07, 6.45) is 3.33. The molecule has 0 aliphatic carbocycles. The van der Waals surface area contributed by atoms with Crippen LogP contribution in [-0.2, 0) is 21.3 Å². The van der Waals surface area contributed by atoms with Crippen LogP contribution in [0.1, 0.15) is 33.6 Å². The highest BCUT2D eigenvalue weighted by Gasteiger charge is 2.41. The summed E-state index contributed by atoms with van der Waals surface area (Å²) in [6, 6.07) is 9.41. The molecule has 0 bridgehead atoms. The maximum Gasteiger partial charge on any atom is 0.270 e. The Morgan fingerprint density at radius 3 is 2.79 bits per heavy atom. The van der Waals surface area contributed by atoms with Crippen molar-refractivity contribution < 1.29 is 17.9 Å². The van der Waals surface area contributed by atoms with Crippen LogP contribution < -0.4 is 9.62 Å². The number of fused-ring (bicyclic) bond motifs is 1. The lowest BCUT2D eigenvalue weighted by Gasteiger charge is -2.29. The van der Waals surface area contributed by atoms with Gasteiger partial charge in [-0.1, -0.05) is 29.8 Å². The van der Waals surface area contributed by atoms with Gasteiger partial charge in [0.25, 0.3) is 10.0 Å². The molecule has 1 atom stereocenters. The average molecular weight is 419 g/mol. The van der Waals surface area contributed by atoms with Gasteiger partial charge < -0.3 is 10.1 Å². The number of nitrogens with one attached hydrogen (secondary N) is 1. The zero-order chi connectivity index (χ0) is 19.7. The van der Waals surface area contributed by atoms with E-state index in [4.69, 9.17) is 4.74 Å². The minimum Gasteiger partial charge on any atom is -0.387 e. The Kier molecular flexibility index (Phi) is 5.27. The molecule has 0 saturated carbocycles. The van der Waals surface area contributed by atoms with E-state index in [-0.39, 0.29) is 17.6 Å². The van der Waals surface area contributed by atoms with Gasteiger partial charge in [-0.15, -0.1) is 11.3 Å². The van der Waals surface area contributed by atoms with Crippen LogP contribution in [0.25, 0.3) is 0 Å². The molecule has 1 fully saturated rings. The molecule has 3 heterocycles. The number of hydrogen-bond acceptors (Lipinski definition) is 6. The van der Waals surface area contributed by atoms with Crippen molar-refractivity contribution in [1.82, 2.24) is 5.32 Å². The van der Waals surface area contributed by atoms with Gasteiger partial charge in [0.15, 0.2) is 4.91 Å². The number of aryl methyl sites for hydroxylation is 1. The number of carbonyl (C=O) groups is 1. The van der Waals surface area contributed by atoms with Gasteiger partial charge in [-0.3, -0.25) is 9.10 Å². The van der Waals surface area contributed by atoms with E-state index < -0.39 is 15.8 Å². The van der Waals surface area contributed by atoms with Crippen molar-refractivity contribution in [3.63, 3.8) is 0 Å². The summed E-state index contributed by atoms with van der Waals surface area (Å²) in [6.45, 7) is 3.38. The number of ether oxygens (including phenoxy) is 1. The number of anilines is 1. The first-order valence-corrected chi connectivity index (χ1v) is 11.5. The van der Waals surface area contributed by atoms with E-state index in [1.807, 2.05) is 31.2 Å². The molecule has 28 heavy (non-hydrogen) atoms. The average Bonchev–Trinajstić information content (AvgIpc) is 3.35. The molecule has 1 saturated heterocycles. The number of allylic oxidation sites excluding steroid dienone is 1. The summed E-state index contributed by atoms with van der Waals surface area (Å²) in [5.41, 5.74) is 2.43. The van der Waals surface area contributed by atoms with Crippen LogP contribution in [0.4, 0.5) is 5.69 Å². The summed E-state index contributed by atoms with van der Waals surface area (Å²) < 4.78 is 33.4. The Balaban J connectivity index is 1.64. The van der Waals surface area contributed by atoms with Crippen LogP contribution in [0.3, 0.4) is 0 Å². The Labute approximate surface area is 168 Å². The van der Waals surface area contributed by atoms with Gasteiger partial charge in [-0.2, -0.15) is 0 Å². The van der Waals surface area contributed by atoms with Crippen molar-refractivity contribution in [1.29, 1.82) is 0 Å². The number of nitrogens with zero attached hydrogens (tertiary/aromatic N) is 1. The van der Waals surface area contributed by atoms with Crippen LogP contribution in [0, 0.1) is 6.92 Å². The molecular formula is C20H22N2O4S2. The van der Waals surface area contributed by atoms with Crippen LogP contribution >= 0.6 is 11.3 Å². The molecule has 2 aliphatic heterocycles. The lowest BCUT2D eigenvalue weighted by atomic mass is 10.1. The Bertz CT molecular complexity index is 1000. The van der Waals surface area contributed by atoms with E-state index in [9.17, 15) is 13.2 Å². The minimum absolute atomic E-state index is 0.0548. The minimum atomic E-state index is -3.95. The van der Waals surface area contributed by atoms with Gasteiger partial charge in [0.05, 0.1) is 18.3 Å². The van der Waals surface area contributed by atoms with Crippen molar-refractivity contribution in [3.05, 3.63) is 62.8 Å². The Morgan fingerprint density at radius 2 is 2.07 bits per heavy atom. The van der Waals surface area contributed by atoms with Gasteiger partial charge in [0.1, 0.15) is 4.88 Å². The van der Waals surface area contributed by atoms with E-state index >= 15 is 0 Å². The number of rotatable bonds is 5. The summed E-state index contributed by atoms with van der Waals surface area (Å²) in [7, 11) is -3.95. The number of hydrogen-bond donors (Lipinski definition) is 1. The number of thiophene rings is 1. The van der Waals surface area contributed by atoms with E-state index in [1.54, 1.807) is 11.4 Å². The highest BCUT2D eigenvalue weighted by atomic mass is 32.2. The third-order valence-corrected chi connectivity index (χ3v) is 7.63. The van der Waals surface area contributed by atoms with E-state index in [0.29, 0.717) is 17.1 Å². The van der Waals surface area contributed by atoms with E-state index in [1.165, 1.54) is 21.8 Å². The zero-order valence-electron chi connectivity index (χ0n) is 15.6. The molecule has 148 valence electrons. The molecule has 0 spiro atoms. The first kappa shape index (κ1) is 19.2. The van der Waals surface area contributed by atoms with E-state index in [0.717, 1.165) is 30.6 Å². The molecule has 1 aromatic carbocycles. The normalized spacial score (nSPS) is 22.5. The molecule has 2 aliphatic rings. The second-order valence-corrected chi connectivity index (χ2v) is 9.76. The SMILES string of the molecule is Cc1ccc(CN2c3ccsc3C(=O)/C(=C/NC[C@@H]3CCCO3)S2(=O)=O)cc1. The van der Waals surface area contributed by atoms with Crippen molar-refractivity contribution >= 4 is 32.8 Å². The summed E-state index contributed by atoms with van der Waals surface area (Å²) in [5.74, 6) is -0.454. The second kappa shape index (κ2) is 7.69. The smallest absolute Gasteiger partial charge is 0.270 e. The highest BCUT2D eigenvalue weighted by Crippen LogP contribution is 2.39. The van der Waals surface area contributed by atoms with Gasteiger partial charge >= 0.3 is 0 Å². The second-order valence-electron chi connectivity index (χ2n) is 7.01. The molecular weight excluding hydrogens is 396 g/mol. The van der Waals surface area contributed by atoms with Crippen LogP contribution in [0.2, 0.25) is 0 Å². The van der Waals surface area contributed by atoms with Gasteiger partial charge in [-0.25, -0.2) is 8.42 Å². The number of Topliss-reactive ketones (excluding diaryl/α,β-unsaturated/α-hetero) is 1. The van der Waals surface area contributed by atoms with Crippen molar-refractivity contribution in [2.24, 2.45) is 0 Å². The van der Waals surface area contributed by atoms with Crippen LogP contribution in [0.15, 0.2) is 46.8 Å². The van der Waals surface area contributed by atoms with Crippen LogP contribution in [-0.4, -0.2) is 33.5 Å². The highest BCUT2D eigenvalue weighted by molar-refractivity contribution is 7.97. The molecule has 6 nitrogen and oxygen atoms in total. The third-order valence-electron chi connectivity index (χ3n) is 4.96. The molecule has 8 heteroatoms. The Hall–Kier alpha value is -2.16. The summed E-state index contributed by atoms with van der Waals surface area (Å²) in [5, 5.41) is 4.74. The monoisotopic (exact) mass is 418 g/mol. The molecule has 1 N–H and O–H groups in total. The number of benzene rings is 1. The first-order chi connectivity index (χ1) is 13.5. The van der Waals surface area contributed by atoms with Gasteiger partial charge in [0, 0.05) is 19.4 Å². The number of carbonyl (C=O) groups excluding carboxylic acids is 1. The van der Waals surface area contributed by atoms with E-state index in [2.05, 4.69) is 5.32 Å². The quantitative estimate of drug-likeness (QED) is 0.755. The summed E-state index contributed by atoms with van der Waals surface area (Å²) >= 11 is 1.26. The molecule has 0 unspecified atom stereocenters. The Morgan fingerprint density at radius 1 is 1.29 bits per heavy atom. The fraction of sp³-hybridized carbons (Fsp3) is 0.350. The maximum atomic E-state index is 13.3. The van der Waals surface area contributed by atoms with Gasteiger partial charge in [-0.05, 0) is 36.8 Å². The van der Waals surface area contributed by atoms with Crippen LogP contribution in [0.5, 0.6) is 0 Å². The van der Waals surface area contributed by atoms with Gasteiger partial charge in [0.2, 0.25) is 5.78 Å². The lowest BCUT2D eigenvalue weighted by molar-refractivity contribution is 0.104. The number of ketones is 1. The van der Waals surface area contributed by atoms with Crippen molar-refractivity contribution in [3.8, 4) is 0 Å². The molecule has 1 aromatic heterocycles. The molecule has 4 rings (SSSR count). The predicted molar refractivity (Wildman–Crippen MR) is 110 cm³/mol. The lowest BCUT2D eigenvalue weighted by Crippen LogP contribution is -2.39. The fourth-order valence-corrected chi connectivity index (χ4v) is 5.91. The zero-order valence-corrected chi connectivity index (χ0v) is 17.2. The fourth-order valence-electron chi connectivity index (χ4n) is 3.40. The molecule has 0 radical (unpaired) electrons. The molecule has 0 amide bonds.